The van der Waals surface area contributed by atoms with E-state index < -0.39 is 22.0 Å². The predicted octanol–water partition coefficient (Wildman–Crippen LogP) is 3.72. The Morgan fingerprint density at radius 1 is 1.26 bits per heavy atom. The summed E-state index contributed by atoms with van der Waals surface area (Å²) < 4.78 is 4.90. The van der Waals surface area contributed by atoms with Crippen molar-refractivity contribution in [2.24, 2.45) is 0 Å². The van der Waals surface area contributed by atoms with E-state index in [2.05, 4.69) is 5.32 Å². The highest BCUT2D eigenvalue weighted by atomic mass is 35.5. The van der Waals surface area contributed by atoms with Crippen LogP contribution in [0.3, 0.4) is 0 Å². The number of nitro benzene ring substituents is 1. The summed E-state index contributed by atoms with van der Waals surface area (Å²) in [7, 11) is 1.29. The second-order valence-corrected chi connectivity index (χ2v) is 7.71. The number of halogens is 1. The third-order valence-electron chi connectivity index (χ3n) is 4.30. The van der Waals surface area contributed by atoms with Gasteiger partial charge in [-0.3, -0.25) is 29.4 Å². The molecule has 11 heteroatoms. The summed E-state index contributed by atoms with van der Waals surface area (Å²) >= 11 is 6.65. The molecule has 31 heavy (non-hydrogen) atoms. The van der Waals surface area contributed by atoms with E-state index in [0.29, 0.717) is 5.02 Å². The second-order valence-electron chi connectivity index (χ2n) is 6.28. The average molecular weight is 462 g/mol. The van der Waals surface area contributed by atoms with Crippen LogP contribution in [0.5, 0.6) is 5.75 Å². The molecule has 9 nitrogen and oxygen atoms in total. The van der Waals surface area contributed by atoms with Gasteiger partial charge in [0.05, 0.1) is 16.9 Å². The Kier molecular flexibility index (Phi) is 6.93. The summed E-state index contributed by atoms with van der Waals surface area (Å²) in [5.41, 5.74) is 0.446. The first-order valence-electron chi connectivity index (χ1n) is 8.91. The first-order chi connectivity index (χ1) is 14.8. The summed E-state index contributed by atoms with van der Waals surface area (Å²) in [6.45, 7) is -0.0441. The smallest absolute Gasteiger partial charge is 0.311 e. The van der Waals surface area contributed by atoms with Crippen LogP contribution >= 0.6 is 23.4 Å². The van der Waals surface area contributed by atoms with E-state index in [9.17, 15) is 24.5 Å². The van der Waals surface area contributed by atoms with Crippen molar-refractivity contribution in [2.75, 3.05) is 20.2 Å². The van der Waals surface area contributed by atoms with Crippen molar-refractivity contribution in [3.8, 4) is 5.75 Å². The van der Waals surface area contributed by atoms with Gasteiger partial charge >= 0.3 is 5.69 Å². The zero-order chi connectivity index (χ0) is 22.5. The van der Waals surface area contributed by atoms with E-state index in [-0.39, 0.29) is 35.0 Å². The maximum atomic E-state index is 12.5. The molecule has 3 rings (SSSR count). The fourth-order valence-electron chi connectivity index (χ4n) is 2.76. The minimum atomic E-state index is -0.650. The monoisotopic (exact) mass is 461 g/mol. The van der Waals surface area contributed by atoms with Crippen molar-refractivity contribution >= 4 is 52.2 Å². The molecule has 0 aromatic heterocycles. The molecule has 2 aromatic carbocycles. The van der Waals surface area contributed by atoms with Crippen LogP contribution in [0.25, 0.3) is 6.08 Å². The van der Waals surface area contributed by atoms with Gasteiger partial charge in [0.1, 0.15) is 0 Å². The van der Waals surface area contributed by atoms with E-state index >= 15 is 0 Å². The van der Waals surface area contributed by atoms with Crippen LogP contribution in [0.1, 0.15) is 15.9 Å². The number of nitrogens with zero attached hydrogens (tertiary/aromatic N) is 2. The van der Waals surface area contributed by atoms with Crippen LogP contribution in [0.15, 0.2) is 47.4 Å². The van der Waals surface area contributed by atoms with Crippen molar-refractivity contribution < 1.29 is 24.0 Å². The standard InChI is InChI=1S/C20H16ClN3O6S/c1-30-16-7-4-13(11-15(16)24(28)29)18(25)22-8-9-23-19(26)17(31-20(23)27)10-12-2-5-14(21)6-3-12/h2-7,10-11H,8-9H2,1H3,(H,22,25)/b17-10-. The van der Waals surface area contributed by atoms with Crippen LogP contribution in [0.4, 0.5) is 10.5 Å². The molecular weight excluding hydrogens is 446 g/mol. The number of hydrogen-bond donors (Lipinski definition) is 1. The number of imide groups is 1. The lowest BCUT2D eigenvalue weighted by Crippen LogP contribution is -2.37. The normalized spacial score (nSPS) is 14.8. The SMILES string of the molecule is COc1ccc(C(=O)NCCN2C(=O)S/C(=C\c3ccc(Cl)cc3)C2=O)cc1[N+](=O)[O-]. The molecule has 160 valence electrons. The van der Waals surface area contributed by atoms with Gasteiger partial charge in [-0.25, -0.2) is 0 Å². The van der Waals surface area contributed by atoms with Gasteiger partial charge in [-0.15, -0.1) is 0 Å². The molecule has 0 aliphatic carbocycles. The van der Waals surface area contributed by atoms with Crippen LogP contribution in [0.2, 0.25) is 5.02 Å². The minimum Gasteiger partial charge on any atom is -0.490 e. The number of methoxy groups -OCH3 is 1. The van der Waals surface area contributed by atoms with E-state index in [1.54, 1.807) is 30.3 Å². The summed E-state index contributed by atoms with van der Waals surface area (Å²) in [5.74, 6) is -0.999. The fraction of sp³-hybridized carbons (Fsp3) is 0.150. The highest BCUT2D eigenvalue weighted by molar-refractivity contribution is 8.18. The first kappa shape index (κ1) is 22.3. The zero-order valence-corrected chi connectivity index (χ0v) is 17.7. The molecule has 0 bridgehead atoms. The van der Waals surface area contributed by atoms with Gasteiger partial charge in [-0.2, -0.15) is 0 Å². The van der Waals surface area contributed by atoms with E-state index in [0.717, 1.165) is 28.3 Å². The van der Waals surface area contributed by atoms with E-state index in [1.807, 2.05) is 0 Å². The number of carbonyl (C=O) groups is 3. The van der Waals surface area contributed by atoms with Crippen molar-refractivity contribution in [3.05, 3.63) is 73.6 Å². The van der Waals surface area contributed by atoms with Gasteiger partial charge < -0.3 is 10.1 Å². The number of rotatable bonds is 7. The molecule has 1 aliphatic heterocycles. The Hall–Kier alpha value is -3.37. The maximum absolute atomic E-state index is 12.5. The predicted molar refractivity (Wildman–Crippen MR) is 116 cm³/mol. The van der Waals surface area contributed by atoms with Crippen molar-refractivity contribution in [1.29, 1.82) is 0 Å². The third-order valence-corrected chi connectivity index (χ3v) is 5.46. The zero-order valence-electron chi connectivity index (χ0n) is 16.2. The number of hydrogen-bond acceptors (Lipinski definition) is 7. The van der Waals surface area contributed by atoms with Crippen molar-refractivity contribution in [3.63, 3.8) is 0 Å². The molecule has 1 fully saturated rings. The number of thioether (sulfide) groups is 1. The molecule has 1 heterocycles. The molecule has 0 spiro atoms. The van der Waals surface area contributed by atoms with Gasteiger partial charge in [0.15, 0.2) is 5.75 Å². The Morgan fingerprint density at radius 3 is 2.61 bits per heavy atom. The molecular formula is C20H16ClN3O6S. The van der Waals surface area contributed by atoms with Gasteiger partial charge in [0, 0.05) is 29.7 Å². The lowest BCUT2D eigenvalue weighted by atomic mass is 10.1. The van der Waals surface area contributed by atoms with Crippen LogP contribution in [-0.4, -0.2) is 47.1 Å². The molecule has 1 aliphatic rings. The largest absolute Gasteiger partial charge is 0.490 e. The third kappa shape index (κ3) is 5.22. The highest BCUT2D eigenvalue weighted by Gasteiger charge is 2.34. The number of nitrogens with one attached hydrogen (secondary N) is 1. The second kappa shape index (κ2) is 9.63. The quantitative estimate of drug-likeness (QED) is 0.379. The number of amides is 3. The minimum absolute atomic E-state index is 0.00900. The summed E-state index contributed by atoms with van der Waals surface area (Å²) in [6.07, 6.45) is 1.59. The van der Waals surface area contributed by atoms with Crippen LogP contribution in [0, 0.1) is 10.1 Å². The Balaban J connectivity index is 1.61. The van der Waals surface area contributed by atoms with Crippen molar-refractivity contribution in [2.45, 2.75) is 0 Å². The summed E-state index contributed by atoms with van der Waals surface area (Å²) in [5, 5.41) is 13.8. The first-order valence-corrected chi connectivity index (χ1v) is 10.1. The number of ether oxygens (including phenoxy) is 1. The number of nitro groups is 1. The van der Waals surface area contributed by atoms with E-state index in [4.69, 9.17) is 16.3 Å². The maximum Gasteiger partial charge on any atom is 0.311 e. The number of carbonyl (C=O) groups excluding carboxylic acids is 3. The molecule has 2 aromatic rings. The highest BCUT2D eigenvalue weighted by Crippen LogP contribution is 2.32. The molecule has 0 saturated carbocycles. The molecule has 0 unspecified atom stereocenters. The molecule has 0 radical (unpaired) electrons. The molecule has 1 N–H and O–H groups in total. The van der Waals surface area contributed by atoms with Crippen LogP contribution < -0.4 is 10.1 Å². The molecule has 0 atom stereocenters. The summed E-state index contributed by atoms with van der Waals surface area (Å²) in [6, 6.07) is 10.6. The van der Waals surface area contributed by atoms with E-state index in [1.165, 1.54) is 19.2 Å². The number of benzene rings is 2. The van der Waals surface area contributed by atoms with Crippen molar-refractivity contribution in [1.82, 2.24) is 10.2 Å². The Bertz CT molecular complexity index is 1090. The molecule has 1 saturated heterocycles. The van der Waals surface area contributed by atoms with Gasteiger partial charge in [0.2, 0.25) is 0 Å². The van der Waals surface area contributed by atoms with Gasteiger partial charge in [-0.1, -0.05) is 23.7 Å². The lowest BCUT2D eigenvalue weighted by molar-refractivity contribution is -0.385. The Morgan fingerprint density at radius 2 is 1.97 bits per heavy atom. The lowest BCUT2D eigenvalue weighted by Gasteiger charge is -2.13. The van der Waals surface area contributed by atoms with Gasteiger partial charge in [-0.05, 0) is 47.7 Å². The average Bonchev–Trinajstić information content (AvgIpc) is 3.02. The summed E-state index contributed by atoms with van der Waals surface area (Å²) in [4.78, 5) is 48.7. The Labute approximate surface area is 186 Å². The molecule has 3 amide bonds. The fourth-order valence-corrected chi connectivity index (χ4v) is 3.75. The van der Waals surface area contributed by atoms with Gasteiger partial charge in [0.25, 0.3) is 17.1 Å². The topological polar surface area (TPSA) is 119 Å². The van der Waals surface area contributed by atoms with Crippen LogP contribution in [-0.2, 0) is 4.79 Å².